The first-order chi connectivity index (χ1) is 16.2. The molecule has 1 aliphatic heterocycles. The Bertz CT molecular complexity index is 1040. The molecule has 0 spiro atoms. The Morgan fingerprint density at radius 1 is 0.848 bits per heavy atom. The van der Waals surface area contributed by atoms with Crippen molar-refractivity contribution in [2.24, 2.45) is 0 Å². The Hall–Kier alpha value is -3.81. The number of aromatic nitrogens is 3. The summed E-state index contributed by atoms with van der Waals surface area (Å²) in [7, 11) is 0. The number of nitrogens with zero attached hydrogens (tertiary/aromatic N) is 5. The van der Waals surface area contributed by atoms with Crippen molar-refractivity contribution >= 4 is 23.5 Å². The van der Waals surface area contributed by atoms with Crippen LogP contribution in [0.25, 0.3) is 0 Å². The molecule has 0 aliphatic carbocycles. The number of rotatable bonds is 8. The van der Waals surface area contributed by atoms with Crippen LogP contribution in [0.15, 0.2) is 67.1 Å². The van der Waals surface area contributed by atoms with Crippen molar-refractivity contribution in [2.75, 3.05) is 36.4 Å². The van der Waals surface area contributed by atoms with Gasteiger partial charge in [0.2, 0.25) is 17.8 Å². The highest BCUT2D eigenvalue weighted by molar-refractivity contribution is 5.90. The van der Waals surface area contributed by atoms with Crippen LogP contribution in [0.3, 0.4) is 0 Å². The van der Waals surface area contributed by atoms with Crippen LogP contribution in [0, 0.1) is 0 Å². The normalized spacial score (nSPS) is 13.6. The van der Waals surface area contributed by atoms with Gasteiger partial charge in [0.1, 0.15) is 0 Å². The van der Waals surface area contributed by atoms with Gasteiger partial charge in [-0.1, -0.05) is 18.2 Å². The lowest BCUT2D eigenvalue weighted by Crippen LogP contribution is -2.49. The Balaban J connectivity index is 1.19. The maximum absolute atomic E-state index is 12.7. The minimum atomic E-state index is -0.0185. The molecule has 170 valence electrons. The first-order valence-corrected chi connectivity index (χ1v) is 11.3. The van der Waals surface area contributed by atoms with Gasteiger partial charge in [-0.2, -0.15) is 0 Å². The number of hydrogen-bond donors (Lipinski definition) is 1. The third-order valence-electron chi connectivity index (χ3n) is 5.62. The summed E-state index contributed by atoms with van der Waals surface area (Å²) < 4.78 is 0. The lowest BCUT2D eigenvalue weighted by Gasteiger charge is -2.34. The maximum Gasteiger partial charge on any atom is 0.227 e. The standard InChI is InChI=1S/C25H28N6O2/c32-23(7-3-6-21-5-1-2-12-26-21)29-22-10-8-20(9-11-22)19-24(33)30-15-17-31(18-16-30)25-27-13-4-14-28-25/h1-2,4-5,8-14H,3,6-7,15-19H2,(H,29,32). The average molecular weight is 445 g/mol. The Labute approximate surface area is 193 Å². The highest BCUT2D eigenvalue weighted by Crippen LogP contribution is 2.14. The van der Waals surface area contributed by atoms with Crippen LogP contribution in [0.2, 0.25) is 0 Å². The molecule has 0 radical (unpaired) electrons. The number of hydrogen-bond acceptors (Lipinski definition) is 6. The number of carbonyl (C=O) groups excluding carboxylic acids is 2. The summed E-state index contributed by atoms with van der Waals surface area (Å²) in [5, 5.41) is 2.92. The second kappa shape index (κ2) is 11.2. The fraction of sp³-hybridized carbons (Fsp3) is 0.320. The predicted molar refractivity (Wildman–Crippen MR) is 127 cm³/mol. The van der Waals surface area contributed by atoms with E-state index in [4.69, 9.17) is 0 Å². The SMILES string of the molecule is O=C(CCCc1ccccn1)Nc1ccc(CC(=O)N2CCN(c3ncccn3)CC2)cc1. The van der Waals surface area contributed by atoms with Crippen molar-refractivity contribution in [3.63, 3.8) is 0 Å². The molecule has 1 fully saturated rings. The first kappa shape index (κ1) is 22.4. The van der Waals surface area contributed by atoms with E-state index in [2.05, 4.69) is 25.2 Å². The van der Waals surface area contributed by atoms with E-state index in [1.165, 1.54) is 0 Å². The third kappa shape index (κ3) is 6.58. The van der Waals surface area contributed by atoms with E-state index in [0.717, 1.165) is 42.9 Å². The zero-order chi connectivity index (χ0) is 22.9. The van der Waals surface area contributed by atoms with Gasteiger partial charge in [0.05, 0.1) is 6.42 Å². The van der Waals surface area contributed by atoms with Crippen molar-refractivity contribution in [3.8, 4) is 0 Å². The van der Waals surface area contributed by atoms with E-state index < -0.39 is 0 Å². The molecule has 2 aromatic heterocycles. The summed E-state index contributed by atoms with van der Waals surface area (Å²) in [6.07, 6.45) is 7.54. The van der Waals surface area contributed by atoms with Crippen molar-refractivity contribution in [1.29, 1.82) is 0 Å². The molecule has 0 saturated carbocycles. The molecule has 8 heteroatoms. The average Bonchev–Trinajstić information content (AvgIpc) is 2.86. The van der Waals surface area contributed by atoms with Gasteiger partial charge in [-0.15, -0.1) is 0 Å². The number of carbonyl (C=O) groups is 2. The molecule has 1 N–H and O–H groups in total. The minimum Gasteiger partial charge on any atom is -0.339 e. The van der Waals surface area contributed by atoms with Gasteiger partial charge < -0.3 is 15.1 Å². The van der Waals surface area contributed by atoms with Crippen LogP contribution in [0.4, 0.5) is 11.6 Å². The van der Waals surface area contributed by atoms with Crippen LogP contribution in [-0.2, 0) is 22.4 Å². The number of aryl methyl sites for hydroxylation is 1. The fourth-order valence-corrected chi connectivity index (χ4v) is 3.80. The topological polar surface area (TPSA) is 91.3 Å². The molecule has 4 rings (SSSR count). The molecule has 0 bridgehead atoms. The highest BCUT2D eigenvalue weighted by atomic mass is 16.2. The Morgan fingerprint density at radius 3 is 2.27 bits per heavy atom. The van der Waals surface area contributed by atoms with Crippen molar-refractivity contribution in [3.05, 3.63) is 78.4 Å². The molecule has 33 heavy (non-hydrogen) atoms. The zero-order valence-electron chi connectivity index (χ0n) is 18.6. The van der Waals surface area contributed by atoms with E-state index in [-0.39, 0.29) is 11.8 Å². The Kier molecular flexibility index (Phi) is 7.58. The van der Waals surface area contributed by atoms with Crippen LogP contribution in [-0.4, -0.2) is 57.8 Å². The van der Waals surface area contributed by atoms with Crippen LogP contribution >= 0.6 is 0 Å². The van der Waals surface area contributed by atoms with Gasteiger partial charge >= 0.3 is 0 Å². The molecule has 0 unspecified atom stereocenters. The number of pyridine rings is 1. The second-order valence-corrected chi connectivity index (χ2v) is 8.01. The lowest BCUT2D eigenvalue weighted by atomic mass is 10.1. The number of amides is 2. The maximum atomic E-state index is 12.7. The summed E-state index contributed by atoms with van der Waals surface area (Å²) in [6.45, 7) is 2.76. The first-order valence-electron chi connectivity index (χ1n) is 11.3. The Morgan fingerprint density at radius 2 is 1.58 bits per heavy atom. The van der Waals surface area contributed by atoms with Gasteiger partial charge in [0, 0.05) is 62.6 Å². The van der Waals surface area contributed by atoms with Gasteiger partial charge in [-0.3, -0.25) is 14.6 Å². The largest absolute Gasteiger partial charge is 0.339 e. The van der Waals surface area contributed by atoms with Crippen LogP contribution in [0.1, 0.15) is 24.1 Å². The molecule has 2 amide bonds. The molecular formula is C25H28N6O2. The van der Waals surface area contributed by atoms with Gasteiger partial charge in [0.25, 0.3) is 0 Å². The van der Waals surface area contributed by atoms with Crippen molar-refractivity contribution in [1.82, 2.24) is 19.9 Å². The van der Waals surface area contributed by atoms with E-state index in [9.17, 15) is 9.59 Å². The number of piperazine rings is 1. The smallest absolute Gasteiger partial charge is 0.227 e. The van der Waals surface area contributed by atoms with E-state index >= 15 is 0 Å². The molecule has 3 heterocycles. The second-order valence-electron chi connectivity index (χ2n) is 8.01. The lowest BCUT2D eigenvalue weighted by molar-refractivity contribution is -0.130. The third-order valence-corrected chi connectivity index (χ3v) is 5.62. The molecule has 8 nitrogen and oxygen atoms in total. The van der Waals surface area contributed by atoms with Gasteiger partial charge in [-0.05, 0) is 48.7 Å². The summed E-state index contributed by atoms with van der Waals surface area (Å²) in [5.74, 6) is 0.795. The number of anilines is 2. The minimum absolute atomic E-state index is 0.0185. The summed E-state index contributed by atoms with van der Waals surface area (Å²) in [6, 6.07) is 15.1. The number of benzene rings is 1. The molecule has 1 saturated heterocycles. The molecule has 3 aromatic rings. The summed E-state index contributed by atoms with van der Waals surface area (Å²) in [5.41, 5.74) is 2.67. The number of nitrogens with one attached hydrogen (secondary N) is 1. The molecule has 0 atom stereocenters. The fourth-order valence-electron chi connectivity index (χ4n) is 3.80. The quantitative estimate of drug-likeness (QED) is 0.575. The summed E-state index contributed by atoms with van der Waals surface area (Å²) >= 11 is 0. The summed E-state index contributed by atoms with van der Waals surface area (Å²) in [4.78, 5) is 41.7. The van der Waals surface area contributed by atoms with E-state index in [1.54, 1.807) is 24.7 Å². The van der Waals surface area contributed by atoms with Crippen molar-refractivity contribution < 1.29 is 9.59 Å². The zero-order valence-corrected chi connectivity index (χ0v) is 18.6. The highest BCUT2D eigenvalue weighted by Gasteiger charge is 2.22. The molecule has 1 aromatic carbocycles. The molecular weight excluding hydrogens is 416 g/mol. The van der Waals surface area contributed by atoms with E-state index in [1.807, 2.05) is 47.4 Å². The predicted octanol–water partition coefficient (Wildman–Crippen LogP) is 2.72. The van der Waals surface area contributed by atoms with Crippen LogP contribution < -0.4 is 10.2 Å². The van der Waals surface area contributed by atoms with Gasteiger partial charge in [-0.25, -0.2) is 9.97 Å². The van der Waals surface area contributed by atoms with Gasteiger partial charge in [0.15, 0.2) is 0 Å². The van der Waals surface area contributed by atoms with Crippen molar-refractivity contribution in [2.45, 2.75) is 25.7 Å². The van der Waals surface area contributed by atoms with Crippen LogP contribution in [0.5, 0.6) is 0 Å². The molecule has 1 aliphatic rings. The van der Waals surface area contributed by atoms with E-state index in [0.29, 0.717) is 31.9 Å². The monoisotopic (exact) mass is 444 g/mol.